The zero-order chi connectivity index (χ0) is 23.9. The van der Waals surface area contributed by atoms with E-state index in [0.717, 1.165) is 27.8 Å². The van der Waals surface area contributed by atoms with Crippen LogP contribution in [0.3, 0.4) is 0 Å². The van der Waals surface area contributed by atoms with E-state index in [4.69, 9.17) is 9.84 Å². The predicted octanol–water partition coefficient (Wildman–Crippen LogP) is 6.06. The molecule has 0 heterocycles. The van der Waals surface area contributed by atoms with E-state index in [1.807, 2.05) is 24.3 Å². The molecule has 172 valence electrons. The van der Waals surface area contributed by atoms with Crippen LogP contribution in [0.1, 0.15) is 27.1 Å². The molecule has 0 aliphatic rings. The molecule has 3 N–H and O–H groups in total. The lowest BCUT2D eigenvalue weighted by molar-refractivity contribution is 0.0698. The molecule has 0 fully saturated rings. The minimum Gasteiger partial charge on any atom is -0.478 e. The predicted molar refractivity (Wildman–Crippen MR) is 134 cm³/mol. The van der Waals surface area contributed by atoms with E-state index in [2.05, 4.69) is 17.4 Å². The molecule has 1 amide bonds. The minimum absolute atomic E-state index is 0.0305. The highest BCUT2D eigenvalue weighted by Gasteiger charge is 2.13. The maximum atomic E-state index is 12.6. The average molecular weight is 474 g/mol. The van der Waals surface area contributed by atoms with Gasteiger partial charge in [0.15, 0.2) is 0 Å². The summed E-state index contributed by atoms with van der Waals surface area (Å²) in [5.74, 6) is 0.632. The largest absolute Gasteiger partial charge is 0.478 e. The summed E-state index contributed by atoms with van der Waals surface area (Å²) in [4.78, 5) is 25.1. The molecule has 6 nitrogen and oxygen atoms in total. The Morgan fingerprint density at radius 1 is 0.853 bits per heavy atom. The molecule has 0 aromatic heterocycles. The number of para-hydroxylation sites is 1. The van der Waals surface area contributed by atoms with Crippen molar-refractivity contribution in [2.24, 2.45) is 0 Å². The second kappa shape index (κ2) is 10.9. The molecule has 0 aliphatic carbocycles. The third-order valence-corrected chi connectivity index (χ3v) is 6.19. The zero-order valence-corrected chi connectivity index (χ0v) is 19.0. The molecule has 0 aliphatic heterocycles. The van der Waals surface area contributed by atoms with Crippen molar-refractivity contribution in [2.45, 2.75) is 11.3 Å². The Bertz CT molecular complexity index is 1320. The fourth-order valence-corrected chi connectivity index (χ4v) is 4.28. The van der Waals surface area contributed by atoms with E-state index in [1.165, 1.54) is 6.07 Å². The number of carboxylic acid groups (broad SMARTS) is 1. The number of aliphatic hydroxyl groups is 1. The van der Waals surface area contributed by atoms with Crippen LogP contribution >= 0.6 is 11.8 Å². The topological polar surface area (TPSA) is 95.9 Å². The molecule has 0 saturated heterocycles. The molecule has 34 heavy (non-hydrogen) atoms. The first kappa shape index (κ1) is 23.4. The summed E-state index contributed by atoms with van der Waals surface area (Å²) >= 11 is 1.72. The molecule has 0 spiro atoms. The summed E-state index contributed by atoms with van der Waals surface area (Å²) in [6.07, 6.45) is 0.769. The fraction of sp³-hybridized carbons (Fsp3) is 0.111. The van der Waals surface area contributed by atoms with Crippen LogP contribution in [-0.4, -0.2) is 34.4 Å². The van der Waals surface area contributed by atoms with E-state index < -0.39 is 11.9 Å². The van der Waals surface area contributed by atoms with Crippen LogP contribution in [-0.2, 0) is 0 Å². The maximum Gasteiger partial charge on any atom is 0.337 e. The van der Waals surface area contributed by atoms with Gasteiger partial charge in [-0.05, 0) is 77.9 Å². The summed E-state index contributed by atoms with van der Waals surface area (Å²) < 4.78 is 5.96. The van der Waals surface area contributed by atoms with Crippen molar-refractivity contribution in [3.8, 4) is 11.5 Å². The van der Waals surface area contributed by atoms with Crippen LogP contribution in [0.2, 0.25) is 0 Å². The normalized spacial score (nSPS) is 10.7. The first-order valence-electron chi connectivity index (χ1n) is 10.7. The molecule has 7 heteroatoms. The third-order valence-electron chi connectivity index (χ3n) is 5.11. The number of carbonyl (C=O) groups excluding carboxylic acids is 1. The first-order valence-corrected chi connectivity index (χ1v) is 11.7. The zero-order valence-electron chi connectivity index (χ0n) is 18.2. The van der Waals surface area contributed by atoms with Crippen LogP contribution in [0.5, 0.6) is 11.5 Å². The smallest absolute Gasteiger partial charge is 0.337 e. The van der Waals surface area contributed by atoms with Crippen LogP contribution < -0.4 is 10.1 Å². The lowest BCUT2D eigenvalue weighted by Crippen LogP contribution is -2.14. The van der Waals surface area contributed by atoms with Gasteiger partial charge in [0.1, 0.15) is 11.5 Å². The third kappa shape index (κ3) is 5.75. The van der Waals surface area contributed by atoms with Gasteiger partial charge in [-0.1, -0.05) is 24.3 Å². The van der Waals surface area contributed by atoms with Crippen molar-refractivity contribution < 1.29 is 24.5 Å². The summed E-state index contributed by atoms with van der Waals surface area (Å²) in [7, 11) is 0. The van der Waals surface area contributed by atoms with Crippen LogP contribution in [0.4, 0.5) is 5.69 Å². The average Bonchev–Trinajstić information content (AvgIpc) is 2.85. The number of carbonyl (C=O) groups is 2. The number of hydrogen-bond donors (Lipinski definition) is 3. The van der Waals surface area contributed by atoms with Crippen LogP contribution in [0.15, 0.2) is 89.8 Å². The van der Waals surface area contributed by atoms with Gasteiger partial charge in [0.2, 0.25) is 0 Å². The van der Waals surface area contributed by atoms with Gasteiger partial charge in [0, 0.05) is 22.8 Å². The van der Waals surface area contributed by atoms with Crippen molar-refractivity contribution >= 4 is 40.1 Å². The number of hydrogen-bond acceptors (Lipinski definition) is 5. The summed E-state index contributed by atoms with van der Waals surface area (Å²) in [5.41, 5.74) is 0.659. The Morgan fingerprint density at radius 2 is 1.56 bits per heavy atom. The van der Waals surface area contributed by atoms with Crippen LogP contribution in [0.25, 0.3) is 10.8 Å². The van der Waals surface area contributed by atoms with Gasteiger partial charge in [-0.3, -0.25) is 4.79 Å². The lowest BCUT2D eigenvalue weighted by atomic mass is 10.1. The number of fused-ring (bicyclic) bond motifs is 1. The highest BCUT2D eigenvalue weighted by atomic mass is 32.2. The Balaban J connectivity index is 1.42. The Labute approximate surface area is 201 Å². The number of ether oxygens (including phenoxy) is 1. The second-order valence-corrected chi connectivity index (χ2v) is 8.70. The van der Waals surface area contributed by atoms with Crippen molar-refractivity contribution in [3.63, 3.8) is 0 Å². The van der Waals surface area contributed by atoms with Gasteiger partial charge >= 0.3 is 5.97 Å². The maximum absolute atomic E-state index is 12.6. The van der Waals surface area contributed by atoms with E-state index in [0.29, 0.717) is 17.1 Å². The van der Waals surface area contributed by atoms with Crippen LogP contribution in [0, 0.1) is 0 Å². The quantitative estimate of drug-likeness (QED) is 0.202. The second-order valence-electron chi connectivity index (χ2n) is 7.53. The van der Waals surface area contributed by atoms with Crippen molar-refractivity contribution in [1.82, 2.24) is 0 Å². The van der Waals surface area contributed by atoms with E-state index in [9.17, 15) is 14.7 Å². The van der Waals surface area contributed by atoms with Gasteiger partial charge in [0.25, 0.3) is 5.91 Å². The van der Waals surface area contributed by atoms with Crippen molar-refractivity contribution in [1.29, 1.82) is 0 Å². The van der Waals surface area contributed by atoms with Gasteiger partial charge < -0.3 is 20.3 Å². The van der Waals surface area contributed by atoms with Crippen molar-refractivity contribution in [3.05, 3.63) is 96.1 Å². The molecule has 0 atom stereocenters. The van der Waals surface area contributed by atoms with Gasteiger partial charge in [-0.2, -0.15) is 0 Å². The highest BCUT2D eigenvalue weighted by Crippen LogP contribution is 2.29. The number of anilines is 1. The van der Waals surface area contributed by atoms with Gasteiger partial charge in [0.05, 0.1) is 11.3 Å². The molecule has 0 saturated carbocycles. The van der Waals surface area contributed by atoms with Crippen molar-refractivity contribution in [2.75, 3.05) is 17.7 Å². The minimum atomic E-state index is -1.10. The Kier molecular flexibility index (Phi) is 7.47. The molecular formula is C27H23NO5S. The molecule has 4 aromatic carbocycles. The summed E-state index contributed by atoms with van der Waals surface area (Å²) in [6, 6.07) is 25.0. The lowest BCUT2D eigenvalue weighted by Gasteiger charge is -2.10. The highest BCUT2D eigenvalue weighted by molar-refractivity contribution is 7.99. The Hall–Kier alpha value is -3.81. The van der Waals surface area contributed by atoms with E-state index in [1.54, 1.807) is 54.2 Å². The van der Waals surface area contributed by atoms with E-state index in [-0.39, 0.29) is 17.9 Å². The molecule has 0 radical (unpaired) electrons. The number of benzene rings is 4. The molecule has 4 aromatic rings. The number of nitrogens with one attached hydrogen (secondary N) is 1. The molecule has 0 unspecified atom stereocenters. The number of thioether (sulfide) groups is 1. The van der Waals surface area contributed by atoms with Gasteiger partial charge in [-0.15, -0.1) is 11.8 Å². The number of aromatic carboxylic acids is 1. The number of aliphatic hydroxyl groups excluding tert-OH is 1. The standard InChI is InChI=1S/C27H23NO5S/c29-14-3-15-34-23-13-9-19-16-22(12-8-20(19)17-23)33-21-10-6-18(7-11-21)26(30)28-25-5-2-1-4-24(25)27(31)32/h1-2,4-13,16-17,29H,3,14-15H2,(H,28,30)(H,31,32). The van der Waals surface area contributed by atoms with Gasteiger partial charge in [-0.25, -0.2) is 4.79 Å². The molecular weight excluding hydrogens is 450 g/mol. The molecule has 4 rings (SSSR count). The number of rotatable bonds is 9. The van der Waals surface area contributed by atoms with E-state index >= 15 is 0 Å². The summed E-state index contributed by atoms with van der Waals surface area (Å²) in [6.45, 7) is 0.200. The first-order chi connectivity index (χ1) is 16.5. The summed E-state index contributed by atoms with van der Waals surface area (Å²) in [5, 5.41) is 23.0. The fourth-order valence-electron chi connectivity index (χ4n) is 3.39. The number of amides is 1. The number of carboxylic acids is 1. The Morgan fingerprint density at radius 3 is 2.32 bits per heavy atom. The molecule has 0 bridgehead atoms. The SMILES string of the molecule is O=C(Nc1ccccc1C(=O)O)c1ccc(Oc2ccc3cc(SCCCO)ccc3c2)cc1. The monoisotopic (exact) mass is 473 g/mol.